The predicted molar refractivity (Wildman–Crippen MR) is 114 cm³/mol. The molecule has 2 fully saturated rings. The predicted octanol–water partition coefficient (Wildman–Crippen LogP) is 1.67. The van der Waals surface area contributed by atoms with Gasteiger partial charge in [-0.15, -0.1) is 0 Å². The van der Waals surface area contributed by atoms with Gasteiger partial charge in [-0.3, -0.25) is 9.69 Å². The Morgan fingerprint density at radius 1 is 0.833 bits per heavy atom. The molecule has 2 aromatic carbocycles. The van der Waals surface area contributed by atoms with E-state index in [4.69, 9.17) is 4.74 Å². The molecule has 8 heteroatoms. The van der Waals surface area contributed by atoms with Crippen molar-refractivity contribution in [2.45, 2.75) is 11.4 Å². The van der Waals surface area contributed by atoms with Crippen LogP contribution in [0.1, 0.15) is 15.9 Å². The van der Waals surface area contributed by atoms with Crippen LogP contribution < -0.4 is 0 Å². The minimum atomic E-state index is -3.54. The summed E-state index contributed by atoms with van der Waals surface area (Å²) in [7, 11) is -3.54. The highest BCUT2D eigenvalue weighted by Crippen LogP contribution is 2.19. The number of hydrogen-bond donors (Lipinski definition) is 0. The van der Waals surface area contributed by atoms with Gasteiger partial charge in [-0.25, -0.2) is 8.42 Å². The smallest absolute Gasteiger partial charge is 0.253 e. The highest BCUT2D eigenvalue weighted by Gasteiger charge is 2.27. The van der Waals surface area contributed by atoms with Gasteiger partial charge in [-0.05, 0) is 29.8 Å². The minimum absolute atomic E-state index is 0.0512. The second kappa shape index (κ2) is 9.26. The number of ether oxygens (including phenoxy) is 1. The third kappa shape index (κ3) is 4.73. The Labute approximate surface area is 177 Å². The molecule has 2 aliphatic rings. The molecule has 0 radical (unpaired) electrons. The molecule has 0 atom stereocenters. The van der Waals surface area contributed by atoms with E-state index in [1.54, 1.807) is 12.1 Å². The number of nitrogens with zero attached hydrogens (tertiary/aromatic N) is 3. The van der Waals surface area contributed by atoms with E-state index in [9.17, 15) is 13.2 Å². The Bertz CT molecular complexity index is 950. The van der Waals surface area contributed by atoms with E-state index in [2.05, 4.69) is 17.0 Å². The SMILES string of the molecule is O=C(c1ccc(S(=O)(=O)N2CCOCC2)cc1)N1CCN(Cc2ccccc2)CC1. The van der Waals surface area contributed by atoms with Gasteiger partial charge in [0.05, 0.1) is 18.1 Å². The van der Waals surface area contributed by atoms with Crippen LogP contribution in [0.2, 0.25) is 0 Å². The van der Waals surface area contributed by atoms with Crippen molar-refractivity contribution in [3.05, 3.63) is 65.7 Å². The average Bonchev–Trinajstić information content (AvgIpc) is 2.80. The lowest BCUT2D eigenvalue weighted by Crippen LogP contribution is -2.48. The number of piperazine rings is 1. The molecule has 0 aromatic heterocycles. The van der Waals surface area contributed by atoms with Gasteiger partial charge in [0.2, 0.25) is 10.0 Å². The topological polar surface area (TPSA) is 70.2 Å². The molecule has 160 valence electrons. The van der Waals surface area contributed by atoms with Crippen molar-refractivity contribution < 1.29 is 17.9 Å². The molecule has 7 nitrogen and oxygen atoms in total. The average molecular weight is 430 g/mol. The van der Waals surface area contributed by atoms with Crippen molar-refractivity contribution in [2.24, 2.45) is 0 Å². The van der Waals surface area contributed by atoms with Crippen LogP contribution in [0.15, 0.2) is 59.5 Å². The Balaban J connectivity index is 1.35. The fraction of sp³-hybridized carbons (Fsp3) is 0.409. The molecular weight excluding hydrogens is 402 g/mol. The maximum Gasteiger partial charge on any atom is 0.253 e. The lowest BCUT2D eigenvalue weighted by molar-refractivity contribution is 0.0628. The maximum atomic E-state index is 12.9. The van der Waals surface area contributed by atoms with E-state index in [0.29, 0.717) is 45.0 Å². The first-order valence-electron chi connectivity index (χ1n) is 10.3. The Morgan fingerprint density at radius 3 is 2.10 bits per heavy atom. The molecule has 2 saturated heterocycles. The first kappa shape index (κ1) is 21.0. The zero-order valence-corrected chi connectivity index (χ0v) is 17.8. The van der Waals surface area contributed by atoms with Crippen molar-refractivity contribution in [3.8, 4) is 0 Å². The van der Waals surface area contributed by atoms with Crippen molar-refractivity contribution in [2.75, 3.05) is 52.5 Å². The maximum absolute atomic E-state index is 12.9. The molecule has 0 aliphatic carbocycles. The van der Waals surface area contributed by atoms with Crippen LogP contribution in [-0.2, 0) is 21.3 Å². The number of hydrogen-bond acceptors (Lipinski definition) is 5. The number of benzene rings is 2. The summed E-state index contributed by atoms with van der Waals surface area (Å²) in [4.78, 5) is 17.3. The number of rotatable bonds is 5. The summed E-state index contributed by atoms with van der Waals surface area (Å²) in [5.41, 5.74) is 1.79. The Kier molecular flexibility index (Phi) is 6.48. The molecule has 0 bridgehead atoms. The molecular formula is C22H27N3O4S. The number of morpholine rings is 1. The molecule has 0 unspecified atom stereocenters. The van der Waals surface area contributed by atoms with Gasteiger partial charge in [0.1, 0.15) is 0 Å². The number of carbonyl (C=O) groups is 1. The first-order chi connectivity index (χ1) is 14.5. The molecule has 0 spiro atoms. The summed E-state index contributed by atoms with van der Waals surface area (Å²) in [5.74, 6) is -0.0512. The van der Waals surface area contributed by atoms with Crippen molar-refractivity contribution >= 4 is 15.9 Å². The van der Waals surface area contributed by atoms with E-state index in [0.717, 1.165) is 19.6 Å². The summed E-state index contributed by atoms with van der Waals surface area (Å²) in [6.45, 7) is 5.40. The van der Waals surface area contributed by atoms with Crippen LogP contribution >= 0.6 is 0 Å². The highest BCUT2D eigenvalue weighted by molar-refractivity contribution is 7.89. The monoisotopic (exact) mass is 429 g/mol. The summed E-state index contributed by atoms with van der Waals surface area (Å²) < 4.78 is 32.1. The number of carbonyl (C=O) groups excluding carboxylic acids is 1. The van der Waals surface area contributed by atoms with E-state index in [1.165, 1.54) is 22.0 Å². The summed E-state index contributed by atoms with van der Waals surface area (Å²) >= 11 is 0. The van der Waals surface area contributed by atoms with Crippen LogP contribution in [-0.4, -0.2) is 80.9 Å². The van der Waals surface area contributed by atoms with Crippen molar-refractivity contribution in [3.63, 3.8) is 0 Å². The van der Waals surface area contributed by atoms with E-state index < -0.39 is 10.0 Å². The fourth-order valence-corrected chi connectivity index (χ4v) is 5.25. The summed E-state index contributed by atoms with van der Waals surface area (Å²) in [6, 6.07) is 16.6. The molecule has 0 N–H and O–H groups in total. The first-order valence-corrected chi connectivity index (χ1v) is 11.7. The molecule has 2 aliphatic heterocycles. The van der Waals surface area contributed by atoms with E-state index in [1.807, 2.05) is 23.1 Å². The standard InChI is InChI=1S/C22H27N3O4S/c26-22(24-12-10-23(11-13-24)18-19-4-2-1-3-5-19)20-6-8-21(9-7-20)30(27,28)25-14-16-29-17-15-25/h1-9H,10-18H2. The van der Waals surface area contributed by atoms with Crippen LogP contribution in [0.5, 0.6) is 0 Å². The van der Waals surface area contributed by atoms with Crippen LogP contribution in [0.25, 0.3) is 0 Å². The zero-order chi connectivity index (χ0) is 21.0. The second-order valence-electron chi connectivity index (χ2n) is 7.59. The molecule has 2 heterocycles. The molecule has 30 heavy (non-hydrogen) atoms. The van der Waals surface area contributed by atoms with Gasteiger partial charge in [0, 0.05) is 51.4 Å². The molecule has 2 aromatic rings. The lowest BCUT2D eigenvalue weighted by Gasteiger charge is -2.34. The molecule has 4 rings (SSSR count). The van der Waals surface area contributed by atoms with Crippen molar-refractivity contribution in [1.82, 2.24) is 14.1 Å². The highest BCUT2D eigenvalue weighted by atomic mass is 32.2. The van der Waals surface area contributed by atoms with Gasteiger partial charge in [0.15, 0.2) is 0 Å². The number of sulfonamides is 1. The summed E-state index contributed by atoms with van der Waals surface area (Å²) in [6.07, 6.45) is 0. The van der Waals surface area contributed by atoms with Crippen LogP contribution in [0.3, 0.4) is 0 Å². The normalized spacial score (nSPS) is 19.0. The van der Waals surface area contributed by atoms with Crippen LogP contribution in [0.4, 0.5) is 0 Å². The fourth-order valence-electron chi connectivity index (χ4n) is 3.84. The quantitative estimate of drug-likeness (QED) is 0.723. The third-order valence-electron chi connectivity index (χ3n) is 5.62. The van der Waals surface area contributed by atoms with E-state index in [-0.39, 0.29) is 10.8 Å². The lowest BCUT2D eigenvalue weighted by atomic mass is 10.1. The molecule has 1 amide bonds. The largest absolute Gasteiger partial charge is 0.379 e. The van der Waals surface area contributed by atoms with Gasteiger partial charge >= 0.3 is 0 Å². The second-order valence-corrected chi connectivity index (χ2v) is 9.53. The van der Waals surface area contributed by atoms with Gasteiger partial charge in [0.25, 0.3) is 5.91 Å². The van der Waals surface area contributed by atoms with Gasteiger partial charge < -0.3 is 9.64 Å². The summed E-state index contributed by atoms with van der Waals surface area (Å²) in [5, 5.41) is 0. The van der Waals surface area contributed by atoms with Gasteiger partial charge in [-0.2, -0.15) is 4.31 Å². The minimum Gasteiger partial charge on any atom is -0.379 e. The van der Waals surface area contributed by atoms with Crippen LogP contribution in [0, 0.1) is 0 Å². The van der Waals surface area contributed by atoms with E-state index >= 15 is 0 Å². The van der Waals surface area contributed by atoms with Crippen molar-refractivity contribution in [1.29, 1.82) is 0 Å². The zero-order valence-electron chi connectivity index (χ0n) is 16.9. The Hall–Kier alpha value is -2.26. The van der Waals surface area contributed by atoms with Gasteiger partial charge in [-0.1, -0.05) is 30.3 Å². The third-order valence-corrected chi connectivity index (χ3v) is 7.53. The Morgan fingerprint density at radius 2 is 1.47 bits per heavy atom. The number of amides is 1. The molecule has 0 saturated carbocycles.